The quantitative estimate of drug-likeness (QED) is 0.735. The van der Waals surface area contributed by atoms with Crippen LogP contribution < -0.4 is 0 Å². The van der Waals surface area contributed by atoms with Crippen LogP contribution in [0.15, 0.2) is 22.8 Å². The summed E-state index contributed by atoms with van der Waals surface area (Å²) in [6.45, 7) is 4.38. The van der Waals surface area contributed by atoms with Gasteiger partial charge in [0.15, 0.2) is 5.78 Å². The third-order valence-electron chi connectivity index (χ3n) is 7.04. The molecule has 0 aromatic rings. The van der Waals surface area contributed by atoms with Crippen molar-refractivity contribution in [1.29, 1.82) is 0 Å². The largest absolute Gasteiger partial charge is 0.393 e. The lowest BCUT2D eigenvalue weighted by Crippen LogP contribution is -2.42. The summed E-state index contributed by atoms with van der Waals surface area (Å²) in [6.07, 6.45) is 9.50. The van der Waals surface area contributed by atoms with Crippen LogP contribution >= 0.6 is 0 Å². The highest BCUT2D eigenvalue weighted by atomic mass is 16.3. The van der Waals surface area contributed by atoms with Gasteiger partial charge in [-0.3, -0.25) is 4.79 Å². The molecule has 0 aliphatic heterocycles. The topological polar surface area (TPSA) is 37.3 Å². The molecule has 0 radical (unpaired) electrons. The number of allylic oxidation sites excluding steroid dienone is 4. The number of carbonyl (C=O) groups is 1. The number of carbonyl (C=O) groups excluding carboxylic acids is 1. The summed E-state index contributed by atoms with van der Waals surface area (Å²) < 4.78 is 0. The van der Waals surface area contributed by atoms with Crippen LogP contribution in [0.1, 0.15) is 58.8 Å². The fourth-order valence-corrected chi connectivity index (χ4v) is 5.65. The van der Waals surface area contributed by atoms with E-state index in [0.29, 0.717) is 17.6 Å². The summed E-state index contributed by atoms with van der Waals surface area (Å²) in [5.41, 5.74) is 4.67. The lowest BCUT2D eigenvalue weighted by atomic mass is 9.57. The van der Waals surface area contributed by atoms with Crippen molar-refractivity contribution in [2.45, 2.75) is 64.9 Å². The first-order valence-corrected chi connectivity index (χ1v) is 8.65. The van der Waals surface area contributed by atoms with Crippen LogP contribution in [0, 0.1) is 23.2 Å². The van der Waals surface area contributed by atoms with Crippen molar-refractivity contribution in [3.63, 3.8) is 0 Å². The molecule has 21 heavy (non-hydrogen) atoms. The van der Waals surface area contributed by atoms with E-state index in [1.165, 1.54) is 24.0 Å². The summed E-state index contributed by atoms with van der Waals surface area (Å²) in [5, 5.41) is 10.4. The van der Waals surface area contributed by atoms with E-state index in [1.54, 1.807) is 5.57 Å². The minimum Gasteiger partial charge on any atom is -0.393 e. The lowest BCUT2D eigenvalue weighted by molar-refractivity contribution is -0.118. The number of aliphatic hydroxyl groups excluding tert-OH is 1. The Labute approximate surface area is 127 Å². The third-order valence-corrected chi connectivity index (χ3v) is 7.04. The zero-order valence-electron chi connectivity index (χ0n) is 13.2. The minimum atomic E-state index is -0.0992. The number of ketones is 1. The van der Waals surface area contributed by atoms with Gasteiger partial charge in [0.1, 0.15) is 0 Å². The van der Waals surface area contributed by atoms with E-state index in [0.717, 1.165) is 32.1 Å². The lowest BCUT2D eigenvalue weighted by Gasteiger charge is -2.48. The molecule has 4 aliphatic rings. The van der Waals surface area contributed by atoms with Crippen LogP contribution in [-0.2, 0) is 4.79 Å². The first-order chi connectivity index (χ1) is 10.0. The van der Waals surface area contributed by atoms with Crippen LogP contribution in [0.4, 0.5) is 0 Å². The van der Waals surface area contributed by atoms with Gasteiger partial charge in [-0.2, -0.15) is 0 Å². The highest BCUT2D eigenvalue weighted by Crippen LogP contribution is 2.60. The minimum absolute atomic E-state index is 0.0992. The Morgan fingerprint density at radius 3 is 2.86 bits per heavy atom. The molecule has 114 valence electrons. The van der Waals surface area contributed by atoms with E-state index in [4.69, 9.17) is 0 Å². The molecule has 0 heterocycles. The van der Waals surface area contributed by atoms with Crippen LogP contribution in [0.5, 0.6) is 0 Å². The van der Waals surface area contributed by atoms with E-state index in [2.05, 4.69) is 13.8 Å². The van der Waals surface area contributed by atoms with Crippen LogP contribution in [0.25, 0.3) is 0 Å². The van der Waals surface area contributed by atoms with E-state index >= 15 is 0 Å². The fraction of sp³-hybridized carbons (Fsp3) is 0.737. The molecular formula is C19H26O2. The summed E-state index contributed by atoms with van der Waals surface area (Å²) in [7, 11) is 0. The molecule has 0 amide bonds. The number of aliphatic hydroxyl groups is 1. The Morgan fingerprint density at radius 1 is 1.24 bits per heavy atom. The predicted octanol–water partition coefficient (Wildman–Crippen LogP) is 3.80. The fourth-order valence-electron chi connectivity index (χ4n) is 5.65. The molecule has 0 aromatic carbocycles. The molecule has 0 bridgehead atoms. The smallest absolute Gasteiger partial charge is 0.159 e. The average Bonchev–Trinajstić information content (AvgIpc) is 2.76. The third kappa shape index (κ3) is 1.84. The Balaban J connectivity index is 1.75. The SMILES string of the molecule is CC1CC2=C3CC[C@]4(C)[C@@H](O)CC[C@H]4[C@@H]3CCC2=CC1=O. The van der Waals surface area contributed by atoms with Crippen molar-refractivity contribution in [3.05, 3.63) is 22.8 Å². The standard InChI is InChI=1S/C19H26O2/c1-11-9-15-12(10-17(11)20)3-4-14-13(15)7-8-19(2)16(14)5-6-18(19)21/h10-11,14,16,18,21H,3-9H2,1-2H3/t11?,14-,16+,18+,19+/m1/s1. The zero-order chi connectivity index (χ0) is 14.8. The number of hydrogen-bond donors (Lipinski definition) is 1. The van der Waals surface area contributed by atoms with Crippen molar-refractivity contribution < 1.29 is 9.90 Å². The number of hydrogen-bond acceptors (Lipinski definition) is 2. The van der Waals surface area contributed by atoms with E-state index in [9.17, 15) is 9.90 Å². The van der Waals surface area contributed by atoms with Gasteiger partial charge in [0.05, 0.1) is 6.10 Å². The van der Waals surface area contributed by atoms with Crippen molar-refractivity contribution in [1.82, 2.24) is 0 Å². The van der Waals surface area contributed by atoms with Gasteiger partial charge < -0.3 is 5.11 Å². The number of rotatable bonds is 0. The van der Waals surface area contributed by atoms with E-state index in [1.807, 2.05) is 6.08 Å². The Hall–Kier alpha value is -0.890. The van der Waals surface area contributed by atoms with Gasteiger partial charge in [0, 0.05) is 5.92 Å². The van der Waals surface area contributed by atoms with E-state index in [-0.39, 0.29) is 17.4 Å². The first kappa shape index (κ1) is 13.8. The summed E-state index contributed by atoms with van der Waals surface area (Å²) >= 11 is 0. The summed E-state index contributed by atoms with van der Waals surface area (Å²) in [4.78, 5) is 12.0. The number of fused-ring (bicyclic) bond motifs is 4. The summed E-state index contributed by atoms with van der Waals surface area (Å²) in [5.74, 6) is 1.83. The molecule has 2 heteroatoms. The molecule has 0 saturated heterocycles. The molecule has 0 aromatic heterocycles. The van der Waals surface area contributed by atoms with Gasteiger partial charge in [-0.15, -0.1) is 0 Å². The maximum atomic E-state index is 12.0. The van der Waals surface area contributed by atoms with Crippen molar-refractivity contribution in [2.24, 2.45) is 23.2 Å². The molecule has 5 atom stereocenters. The van der Waals surface area contributed by atoms with Gasteiger partial charge in [-0.1, -0.05) is 19.4 Å². The van der Waals surface area contributed by atoms with Gasteiger partial charge in [-0.05, 0) is 79.4 Å². The second-order valence-corrected chi connectivity index (χ2v) is 8.03. The first-order valence-electron chi connectivity index (χ1n) is 8.65. The predicted molar refractivity (Wildman–Crippen MR) is 82.7 cm³/mol. The molecule has 1 N–H and O–H groups in total. The van der Waals surface area contributed by atoms with Crippen LogP contribution in [-0.4, -0.2) is 17.0 Å². The Bertz CT molecular complexity index is 556. The Kier molecular flexibility index (Phi) is 2.98. The van der Waals surface area contributed by atoms with Gasteiger partial charge >= 0.3 is 0 Å². The van der Waals surface area contributed by atoms with Crippen molar-refractivity contribution >= 4 is 5.78 Å². The highest BCUT2D eigenvalue weighted by molar-refractivity contribution is 5.94. The van der Waals surface area contributed by atoms with Gasteiger partial charge in [0.25, 0.3) is 0 Å². The second kappa shape index (κ2) is 4.55. The van der Waals surface area contributed by atoms with Gasteiger partial charge in [-0.25, -0.2) is 0 Å². The molecule has 0 spiro atoms. The summed E-state index contributed by atoms with van der Waals surface area (Å²) in [6, 6.07) is 0. The molecule has 2 saturated carbocycles. The molecule has 2 nitrogen and oxygen atoms in total. The van der Waals surface area contributed by atoms with Crippen molar-refractivity contribution in [2.75, 3.05) is 0 Å². The molecule has 4 aliphatic carbocycles. The van der Waals surface area contributed by atoms with Crippen molar-refractivity contribution in [3.8, 4) is 0 Å². The second-order valence-electron chi connectivity index (χ2n) is 8.03. The molecule has 1 unspecified atom stereocenters. The molecule has 2 fully saturated rings. The monoisotopic (exact) mass is 286 g/mol. The Morgan fingerprint density at radius 2 is 2.05 bits per heavy atom. The molecular weight excluding hydrogens is 260 g/mol. The van der Waals surface area contributed by atoms with Crippen LogP contribution in [0.3, 0.4) is 0 Å². The normalized spacial score (nSPS) is 45.9. The molecule has 4 rings (SSSR count). The highest BCUT2D eigenvalue weighted by Gasteiger charge is 2.53. The van der Waals surface area contributed by atoms with Gasteiger partial charge in [0.2, 0.25) is 0 Å². The maximum absolute atomic E-state index is 12.0. The average molecular weight is 286 g/mol. The zero-order valence-corrected chi connectivity index (χ0v) is 13.2. The van der Waals surface area contributed by atoms with E-state index < -0.39 is 0 Å². The maximum Gasteiger partial charge on any atom is 0.159 e. The van der Waals surface area contributed by atoms with Crippen LogP contribution in [0.2, 0.25) is 0 Å².